The van der Waals surface area contributed by atoms with E-state index >= 15 is 0 Å². The summed E-state index contributed by atoms with van der Waals surface area (Å²) in [6.07, 6.45) is 12.8. The molecule has 0 aliphatic carbocycles. The smallest absolute Gasteiger partial charge is 0.303 e. The topological polar surface area (TPSA) is 74.9 Å². The average molecular weight is 320 g/mol. The van der Waals surface area contributed by atoms with Crippen molar-refractivity contribution in [3.05, 3.63) is 35.5 Å². The summed E-state index contributed by atoms with van der Waals surface area (Å²) < 4.78 is 16.5. The number of hydrogen-bond acceptors (Lipinski definition) is 4. The van der Waals surface area contributed by atoms with Crippen LogP contribution < -0.4 is 0 Å². The van der Waals surface area contributed by atoms with Crippen molar-refractivity contribution in [1.82, 2.24) is 0 Å². The Labute approximate surface area is 136 Å². The molecule has 3 atom stereocenters. The lowest BCUT2D eigenvalue weighted by Crippen LogP contribution is -1.93. The molecule has 23 heavy (non-hydrogen) atoms. The van der Waals surface area contributed by atoms with Crippen LogP contribution in [0, 0.1) is 0 Å². The number of aliphatic carboxylic acids is 1. The van der Waals surface area contributed by atoms with Gasteiger partial charge in [-0.1, -0.05) is 19.8 Å². The van der Waals surface area contributed by atoms with Gasteiger partial charge >= 0.3 is 5.97 Å². The summed E-state index contributed by atoms with van der Waals surface area (Å²) in [5.41, 5.74) is 0. The van der Waals surface area contributed by atoms with Gasteiger partial charge in [0, 0.05) is 18.6 Å². The predicted molar refractivity (Wildman–Crippen MR) is 84.5 cm³/mol. The molecular weight excluding hydrogens is 296 g/mol. The lowest BCUT2D eigenvalue weighted by Gasteiger charge is -1.96. The SMILES string of the molecule is CC/C=C1\OC1/C=C1\OC1/C=C1\OC1CCCCCCC(=O)O. The first-order chi connectivity index (χ1) is 11.2. The van der Waals surface area contributed by atoms with E-state index in [4.69, 9.17) is 19.3 Å². The molecule has 3 saturated heterocycles. The van der Waals surface area contributed by atoms with Crippen LogP contribution in [0.15, 0.2) is 35.5 Å². The maximum atomic E-state index is 10.4. The van der Waals surface area contributed by atoms with E-state index in [1.165, 1.54) is 0 Å². The Morgan fingerprint density at radius 2 is 1.70 bits per heavy atom. The number of allylic oxidation sites excluding steroid dienone is 1. The number of unbranched alkanes of at least 4 members (excludes halogenated alkanes) is 3. The number of ether oxygens (including phenoxy) is 3. The highest BCUT2D eigenvalue weighted by Gasteiger charge is 2.41. The second-order valence-corrected chi connectivity index (χ2v) is 6.18. The second kappa shape index (κ2) is 7.11. The number of hydrogen-bond donors (Lipinski definition) is 1. The number of carbonyl (C=O) groups is 1. The minimum atomic E-state index is -0.706. The van der Waals surface area contributed by atoms with Crippen molar-refractivity contribution in [3.8, 4) is 0 Å². The molecule has 0 aromatic carbocycles. The van der Waals surface area contributed by atoms with Gasteiger partial charge in [-0.15, -0.1) is 0 Å². The molecule has 5 nitrogen and oxygen atoms in total. The Hall–Kier alpha value is -1.91. The van der Waals surface area contributed by atoms with E-state index in [-0.39, 0.29) is 24.7 Å². The Bertz CT molecular complexity index is 546. The van der Waals surface area contributed by atoms with Crippen LogP contribution in [0.3, 0.4) is 0 Å². The summed E-state index contributed by atoms with van der Waals surface area (Å²) in [6.45, 7) is 2.09. The van der Waals surface area contributed by atoms with Crippen molar-refractivity contribution < 1.29 is 24.1 Å². The monoisotopic (exact) mass is 320 g/mol. The van der Waals surface area contributed by atoms with Gasteiger partial charge in [0.2, 0.25) is 0 Å². The van der Waals surface area contributed by atoms with Gasteiger partial charge in [-0.05, 0) is 31.8 Å². The Kier molecular flexibility index (Phi) is 4.94. The van der Waals surface area contributed by atoms with E-state index in [9.17, 15) is 4.79 Å². The largest absolute Gasteiger partial charge is 0.483 e. The fourth-order valence-electron chi connectivity index (χ4n) is 2.69. The van der Waals surface area contributed by atoms with Gasteiger partial charge in [0.05, 0.1) is 0 Å². The first-order valence-electron chi connectivity index (χ1n) is 8.52. The molecular formula is C18H24O5. The molecule has 3 aliphatic heterocycles. The zero-order valence-corrected chi connectivity index (χ0v) is 13.5. The summed E-state index contributed by atoms with van der Waals surface area (Å²) in [5.74, 6) is 2.35. The molecule has 0 radical (unpaired) electrons. The number of rotatable bonds is 10. The van der Waals surface area contributed by atoms with Crippen LogP contribution in [0.5, 0.6) is 0 Å². The third-order valence-electron chi connectivity index (χ3n) is 4.15. The highest BCUT2D eigenvalue weighted by atomic mass is 16.6. The fourth-order valence-corrected chi connectivity index (χ4v) is 2.69. The fraction of sp³-hybridized carbons (Fsp3) is 0.611. The maximum absolute atomic E-state index is 10.4. The van der Waals surface area contributed by atoms with Crippen molar-refractivity contribution in [3.63, 3.8) is 0 Å². The van der Waals surface area contributed by atoms with Gasteiger partial charge in [0.25, 0.3) is 0 Å². The van der Waals surface area contributed by atoms with E-state index < -0.39 is 5.97 Å². The lowest BCUT2D eigenvalue weighted by molar-refractivity contribution is -0.137. The number of carboxylic acids is 1. The van der Waals surface area contributed by atoms with E-state index in [1.807, 2.05) is 12.2 Å². The van der Waals surface area contributed by atoms with Crippen LogP contribution in [-0.4, -0.2) is 29.4 Å². The second-order valence-electron chi connectivity index (χ2n) is 6.18. The molecule has 0 aromatic rings. The Morgan fingerprint density at radius 3 is 2.48 bits per heavy atom. The van der Waals surface area contributed by atoms with Crippen LogP contribution in [-0.2, 0) is 19.0 Å². The third kappa shape index (κ3) is 5.05. The highest BCUT2D eigenvalue weighted by molar-refractivity contribution is 5.66. The van der Waals surface area contributed by atoms with Gasteiger partial charge in [-0.3, -0.25) is 4.79 Å². The molecule has 3 aliphatic rings. The average Bonchev–Trinajstić information content (AvgIpc) is 3.40. The van der Waals surface area contributed by atoms with Crippen molar-refractivity contribution in [2.45, 2.75) is 70.2 Å². The van der Waals surface area contributed by atoms with Crippen LogP contribution in [0.25, 0.3) is 0 Å². The van der Waals surface area contributed by atoms with Crippen LogP contribution in [0.2, 0.25) is 0 Å². The van der Waals surface area contributed by atoms with Crippen molar-refractivity contribution in [2.24, 2.45) is 0 Å². The minimum Gasteiger partial charge on any atom is -0.483 e. The van der Waals surface area contributed by atoms with E-state index in [2.05, 4.69) is 13.0 Å². The Morgan fingerprint density at radius 1 is 1.00 bits per heavy atom. The summed E-state index contributed by atoms with van der Waals surface area (Å²) in [5, 5.41) is 8.56. The Balaban J connectivity index is 1.27. The first-order valence-corrected chi connectivity index (χ1v) is 8.52. The highest BCUT2D eigenvalue weighted by Crippen LogP contribution is 2.40. The molecule has 0 bridgehead atoms. The first kappa shape index (κ1) is 16.0. The molecule has 3 heterocycles. The molecule has 1 N–H and O–H groups in total. The summed E-state index contributed by atoms with van der Waals surface area (Å²) in [4.78, 5) is 10.4. The zero-order valence-electron chi connectivity index (χ0n) is 13.5. The molecule has 3 rings (SSSR count). The summed E-state index contributed by atoms with van der Waals surface area (Å²) in [6, 6.07) is 0. The van der Waals surface area contributed by atoms with E-state index in [0.717, 1.165) is 55.8 Å². The van der Waals surface area contributed by atoms with Crippen molar-refractivity contribution in [1.29, 1.82) is 0 Å². The molecule has 0 amide bonds. The molecule has 0 saturated carbocycles. The maximum Gasteiger partial charge on any atom is 0.303 e. The predicted octanol–water partition coefficient (Wildman–Crippen LogP) is 3.67. The quantitative estimate of drug-likeness (QED) is 0.491. The molecule has 3 fully saturated rings. The normalized spacial score (nSPS) is 32.4. The van der Waals surface area contributed by atoms with Gasteiger partial charge in [-0.25, -0.2) is 0 Å². The van der Waals surface area contributed by atoms with Crippen LogP contribution >= 0.6 is 0 Å². The van der Waals surface area contributed by atoms with Gasteiger partial charge in [0.1, 0.15) is 17.3 Å². The van der Waals surface area contributed by atoms with Gasteiger partial charge < -0.3 is 19.3 Å². The standard InChI is InChI=1S/C18H24O5/c1-2-7-12-14(21-12)10-16-17(23-16)11-15-13(22-15)8-5-3-4-6-9-18(19)20/h7,10-11,13-14,17H,2-6,8-9H2,1H3,(H,19,20)/b12-7-,15-11-,16-10-. The molecule has 3 unspecified atom stereocenters. The molecule has 126 valence electrons. The van der Waals surface area contributed by atoms with E-state index in [1.54, 1.807) is 0 Å². The van der Waals surface area contributed by atoms with Crippen molar-refractivity contribution in [2.75, 3.05) is 0 Å². The summed E-state index contributed by atoms with van der Waals surface area (Å²) >= 11 is 0. The van der Waals surface area contributed by atoms with Gasteiger partial charge in [-0.2, -0.15) is 0 Å². The molecule has 0 spiro atoms. The molecule has 5 heteroatoms. The lowest BCUT2D eigenvalue weighted by atomic mass is 10.1. The van der Waals surface area contributed by atoms with Crippen LogP contribution in [0.1, 0.15) is 51.9 Å². The van der Waals surface area contributed by atoms with Gasteiger partial charge in [0.15, 0.2) is 18.3 Å². The van der Waals surface area contributed by atoms with E-state index in [0.29, 0.717) is 0 Å². The third-order valence-corrected chi connectivity index (χ3v) is 4.15. The van der Waals surface area contributed by atoms with Crippen LogP contribution in [0.4, 0.5) is 0 Å². The zero-order chi connectivity index (χ0) is 16.2. The number of epoxide rings is 3. The van der Waals surface area contributed by atoms with Crippen molar-refractivity contribution >= 4 is 5.97 Å². The minimum absolute atomic E-state index is 0.0673. The number of carboxylic acid groups (broad SMARTS) is 1. The molecule has 0 aromatic heterocycles. The summed E-state index contributed by atoms with van der Waals surface area (Å²) in [7, 11) is 0.